The first kappa shape index (κ1) is 8.74. The lowest BCUT2D eigenvalue weighted by Crippen LogP contribution is -2.28. The number of hydrogen-bond donors (Lipinski definition) is 1. The molecule has 3 unspecified atom stereocenters. The van der Waals surface area contributed by atoms with Gasteiger partial charge in [0, 0.05) is 7.05 Å². The lowest BCUT2D eigenvalue weighted by molar-refractivity contribution is 0.0128. The zero-order valence-electron chi connectivity index (χ0n) is 8.07. The van der Waals surface area contributed by atoms with Crippen molar-refractivity contribution in [2.75, 3.05) is 0 Å². The van der Waals surface area contributed by atoms with Crippen LogP contribution in [0.4, 0.5) is 0 Å². The van der Waals surface area contributed by atoms with Crippen molar-refractivity contribution in [1.29, 1.82) is 0 Å². The third-order valence-corrected chi connectivity index (χ3v) is 4.01. The molecule has 1 heterocycles. The molecule has 3 nitrogen and oxygen atoms in total. The predicted molar refractivity (Wildman–Crippen MR) is 52.9 cm³/mol. The molecule has 1 N–H and O–H groups in total. The maximum absolute atomic E-state index is 10.6. The summed E-state index contributed by atoms with van der Waals surface area (Å²) in [6.45, 7) is 0. The topological polar surface area (TPSA) is 38.0 Å². The highest BCUT2D eigenvalue weighted by molar-refractivity contribution is 6.31. The Morgan fingerprint density at radius 2 is 2.50 bits per heavy atom. The minimum atomic E-state index is -0.701. The molecule has 3 rings (SSSR count). The number of rotatable bonds is 1. The third-order valence-electron chi connectivity index (χ3n) is 3.74. The Labute approximate surface area is 87.7 Å². The summed E-state index contributed by atoms with van der Waals surface area (Å²) < 4.78 is 1.71. The molecular weight excluding hydrogens is 200 g/mol. The highest BCUT2D eigenvalue weighted by Crippen LogP contribution is 2.62. The van der Waals surface area contributed by atoms with E-state index >= 15 is 0 Å². The van der Waals surface area contributed by atoms with E-state index in [1.165, 1.54) is 0 Å². The van der Waals surface area contributed by atoms with E-state index in [0.29, 0.717) is 10.9 Å². The van der Waals surface area contributed by atoms with Gasteiger partial charge in [0.25, 0.3) is 0 Å². The van der Waals surface area contributed by atoms with E-state index in [1.54, 1.807) is 10.9 Å². The second kappa shape index (κ2) is 2.52. The van der Waals surface area contributed by atoms with Crippen molar-refractivity contribution in [3.63, 3.8) is 0 Å². The second-order valence-corrected chi connectivity index (χ2v) is 4.94. The molecule has 0 amide bonds. The Bertz CT molecular complexity index is 370. The summed E-state index contributed by atoms with van der Waals surface area (Å²) in [6, 6.07) is 0. The van der Waals surface area contributed by atoms with Gasteiger partial charge >= 0.3 is 0 Å². The SMILES string of the molecule is Cn1ncc(Cl)c1C1(O)CCC2CC21. The molecule has 0 spiro atoms. The molecule has 3 atom stereocenters. The van der Waals surface area contributed by atoms with Crippen molar-refractivity contribution in [1.82, 2.24) is 9.78 Å². The zero-order chi connectivity index (χ0) is 9.92. The number of aliphatic hydroxyl groups is 1. The molecule has 2 saturated carbocycles. The van der Waals surface area contributed by atoms with Crippen LogP contribution in [0.3, 0.4) is 0 Å². The van der Waals surface area contributed by atoms with Gasteiger partial charge in [0.15, 0.2) is 0 Å². The van der Waals surface area contributed by atoms with E-state index in [4.69, 9.17) is 11.6 Å². The van der Waals surface area contributed by atoms with E-state index in [0.717, 1.165) is 30.9 Å². The van der Waals surface area contributed by atoms with E-state index in [2.05, 4.69) is 5.10 Å². The van der Waals surface area contributed by atoms with Gasteiger partial charge in [-0.3, -0.25) is 4.68 Å². The van der Waals surface area contributed by atoms with Gasteiger partial charge in [0.05, 0.1) is 16.9 Å². The largest absolute Gasteiger partial charge is 0.383 e. The third kappa shape index (κ3) is 0.943. The zero-order valence-corrected chi connectivity index (χ0v) is 8.83. The summed E-state index contributed by atoms with van der Waals surface area (Å²) in [4.78, 5) is 0. The standard InChI is InChI=1S/C10H13ClN2O/c1-13-9(8(11)5-12-13)10(14)3-2-6-4-7(6)10/h5-7,14H,2-4H2,1H3. The van der Waals surface area contributed by atoms with Crippen molar-refractivity contribution in [3.8, 4) is 0 Å². The molecule has 76 valence electrons. The molecule has 1 aromatic rings. The number of halogens is 1. The number of fused-ring (bicyclic) bond motifs is 1. The quantitative estimate of drug-likeness (QED) is 0.770. The highest BCUT2D eigenvalue weighted by atomic mass is 35.5. The average molecular weight is 213 g/mol. The van der Waals surface area contributed by atoms with Crippen LogP contribution in [0.2, 0.25) is 5.02 Å². The average Bonchev–Trinajstić information content (AvgIpc) is 2.76. The maximum Gasteiger partial charge on any atom is 0.111 e. The van der Waals surface area contributed by atoms with Crippen molar-refractivity contribution in [3.05, 3.63) is 16.9 Å². The molecule has 4 heteroatoms. The lowest BCUT2D eigenvalue weighted by Gasteiger charge is -2.25. The number of aromatic nitrogens is 2. The molecule has 2 aliphatic rings. The first-order valence-corrected chi connectivity index (χ1v) is 5.41. The lowest BCUT2D eigenvalue weighted by atomic mass is 9.93. The molecule has 0 aliphatic heterocycles. The maximum atomic E-state index is 10.6. The van der Waals surface area contributed by atoms with Crippen LogP contribution in [0.1, 0.15) is 25.0 Å². The molecule has 0 bridgehead atoms. The van der Waals surface area contributed by atoms with Crippen LogP contribution in [-0.4, -0.2) is 14.9 Å². The Balaban J connectivity index is 2.09. The normalized spacial score (nSPS) is 39.9. The smallest absolute Gasteiger partial charge is 0.111 e. The summed E-state index contributed by atoms with van der Waals surface area (Å²) in [5.74, 6) is 1.15. The van der Waals surface area contributed by atoms with Crippen LogP contribution in [0.15, 0.2) is 6.20 Å². The molecule has 0 radical (unpaired) electrons. The fourth-order valence-electron chi connectivity index (χ4n) is 2.93. The monoisotopic (exact) mass is 212 g/mol. The Hall–Kier alpha value is -0.540. The second-order valence-electron chi connectivity index (χ2n) is 4.53. The number of nitrogens with zero attached hydrogens (tertiary/aromatic N) is 2. The van der Waals surface area contributed by atoms with Crippen LogP contribution < -0.4 is 0 Å². The number of aryl methyl sites for hydroxylation is 1. The van der Waals surface area contributed by atoms with Gasteiger partial charge in [-0.1, -0.05) is 11.6 Å². The summed E-state index contributed by atoms with van der Waals surface area (Å²) >= 11 is 6.06. The molecular formula is C10H13ClN2O. The fourth-order valence-corrected chi connectivity index (χ4v) is 3.26. The van der Waals surface area contributed by atoms with Gasteiger partial charge in [-0.25, -0.2) is 0 Å². The summed E-state index contributed by atoms with van der Waals surface area (Å²) in [7, 11) is 1.84. The summed E-state index contributed by atoms with van der Waals surface area (Å²) in [6.07, 6.45) is 4.73. The van der Waals surface area contributed by atoms with Gasteiger partial charge in [-0.05, 0) is 31.1 Å². The Morgan fingerprint density at radius 3 is 2.93 bits per heavy atom. The van der Waals surface area contributed by atoms with Gasteiger partial charge < -0.3 is 5.11 Å². The van der Waals surface area contributed by atoms with Crippen molar-refractivity contribution < 1.29 is 5.11 Å². The molecule has 0 saturated heterocycles. The predicted octanol–water partition coefficient (Wildman–Crippen LogP) is 1.69. The van der Waals surface area contributed by atoms with E-state index in [-0.39, 0.29) is 0 Å². The van der Waals surface area contributed by atoms with Gasteiger partial charge in [0.2, 0.25) is 0 Å². The molecule has 1 aromatic heterocycles. The van der Waals surface area contributed by atoms with Crippen LogP contribution in [0.5, 0.6) is 0 Å². The van der Waals surface area contributed by atoms with Gasteiger partial charge in [-0.15, -0.1) is 0 Å². The van der Waals surface area contributed by atoms with Crippen LogP contribution in [0, 0.1) is 11.8 Å². The van der Waals surface area contributed by atoms with E-state index < -0.39 is 5.60 Å². The number of hydrogen-bond acceptors (Lipinski definition) is 2. The molecule has 2 fully saturated rings. The molecule has 14 heavy (non-hydrogen) atoms. The van der Waals surface area contributed by atoms with Crippen molar-refractivity contribution in [2.24, 2.45) is 18.9 Å². The first-order valence-electron chi connectivity index (χ1n) is 5.03. The minimum absolute atomic E-state index is 0.426. The highest BCUT2D eigenvalue weighted by Gasteiger charge is 2.59. The first-order chi connectivity index (χ1) is 6.63. The molecule has 0 aromatic carbocycles. The molecule has 2 aliphatic carbocycles. The Morgan fingerprint density at radius 1 is 1.71 bits per heavy atom. The Kier molecular flexibility index (Phi) is 1.58. The van der Waals surface area contributed by atoms with Gasteiger partial charge in [-0.2, -0.15) is 5.10 Å². The summed E-state index contributed by atoms with van der Waals surface area (Å²) in [5, 5.41) is 15.3. The van der Waals surface area contributed by atoms with Gasteiger partial charge in [0.1, 0.15) is 5.60 Å². The van der Waals surface area contributed by atoms with Crippen LogP contribution >= 0.6 is 11.6 Å². The van der Waals surface area contributed by atoms with E-state index in [1.807, 2.05) is 7.05 Å². The van der Waals surface area contributed by atoms with Crippen molar-refractivity contribution >= 4 is 11.6 Å². The van der Waals surface area contributed by atoms with Crippen LogP contribution in [0.25, 0.3) is 0 Å². The van der Waals surface area contributed by atoms with E-state index in [9.17, 15) is 5.11 Å². The van der Waals surface area contributed by atoms with Crippen LogP contribution in [-0.2, 0) is 12.6 Å². The fraction of sp³-hybridized carbons (Fsp3) is 0.700. The summed E-state index contributed by atoms with van der Waals surface area (Å²) in [5.41, 5.74) is 0.108. The van der Waals surface area contributed by atoms with Crippen molar-refractivity contribution in [2.45, 2.75) is 24.9 Å². The minimum Gasteiger partial charge on any atom is -0.383 e.